The molecule has 0 fully saturated rings. The lowest BCUT2D eigenvalue weighted by molar-refractivity contribution is -0.140. The van der Waals surface area contributed by atoms with Gasteiger partial charge in [0.15, 0.2) is 5.69 Å². The Morgan fingerprint density at radius 3 is 2.68 bits per heavy atom. The molecule has 2 heterocycles. The van der Waals surface area contributed by atoms with E-state index in [-0.39, 0.29) is 6.04 Å². The van der Waals surface area contributed by atoms with E-state index in [2.05, 4.69) is 4.98 Å². The number of fused-ring (bicyclic) bond motifs is 1. The van der Waals surface area contributed by atoms with Crippen LogP contribution in [0.2, 0.25) is 0 Å². The third kappa shape index (κ3) is 2.75. The van der Waals surface area contributed by atoms with E-state index in [0.717, 1.165) is 23.7 Å². The van der Waals surface area contributed by atoms with Crippen molar-refractivity contribution in [2.24, 2.45) is 0 Å². The van der Waals surface area contributed by atoms with E-state index < -0.39 is 11.9 Å². The summed E-state index contributed by atoms with van der Waals surface area (Å²) in [6, 6.07) is 5.56. The Balaban J connectivity index is 2.09. The molecule has 3 rings (SSSR count). The summed E-state index contributed by atoms with van der Waals surface area (Å²) in [5, 5.41) is 0. The molecule has 2 aromatic rings. The van der Waals surface area contributed by atoms with Crippen LogP contribution in [0.25, 0.3) is 11.4 Å². The molecular formula is C16H17F3N2O. The first-order valence-corrected chi connectivity index (χ1v) is 7.22. The summed E-state index contributed by atoms with van der Waals surface area (Å²) in [5.41, 5.74) is 2.08. The van der Waals surface area contributed by atoms with Crippen LogP contribution in [0.5, 0.6) is 0 Å². The fourth-order valence-electron chi connectivity index (χ4n) is 2.64. The van der Waals surface area contributed by atoms with Crippen LogP contribution in [-0.4, -0.2) is 16.2 Å². The summed E-state index contributed by atoms with van der Waals surface area (Å²) in [6.45, 7) is 4.89. The molecule has 1 aliphatic rings. The fourth-order valence-corrected chi connectivity index (χ4v) is 2.64. The van der Waals surface area contributed by atoms with Crippen molar-refractivity contribution < 1.29 is 17.9 Å². The molecule has 0 unspecified atom stereocenters. The quantitative estimate of drug-likeness (QED) is 0.830. The smallest absolute Gasteiger partial charge is 0.376 e. The lowest BCUT2D eigenvalue weighted by atomic mass is 10.00. The summed E-state index contributed by atoms with van der Waals surface area (Å²) in [7, 11) is 0. The number of benzene rings is 1. The van der Waals surface area contributed by atoms with Gasteiger partial charge < -0.3 is 9.30 Å². The van der Waals surface area contributed by atoms with E-state index in [1.54, 1.807) is 4.57 Å². The van der Waals surface area contributed by atoms with Crippen LogP contribution in [0.15, 0.2) is 24.4 Å². The largest absolute Gasteiger partial charge is 0.434 e. The van der Waals surface area contributed by atoms with E-state index in [0.29, 0.717) is 24.6 Å². The number of halogens is 3. The SMILES string of the molecule is CC(C)n1cc(C(F)(F)F)nc1-c1ccc2c(c1)CCOC2. The van der Waals surface area contributed by atoms with Gasteiger partial charge in [0, 0.05) is 17.8 Å². The van der Waals surface area contributed by atoms with Gasteiger partial charge in [-0.25, -0.2) is 4.98 Å². The molecule has 1 aromatic carbocycles. The van der Waals surface area contributed by atoms with Gasteiger partial charge in [-0.1, -0.05) is 12.1 Å². The van der Waals surface area contributed by atoms with Crippen molar-refractivity contribution in [3.8, 4) is 11.4 Å². The molecule has 118 valence electrons. The fraction of sp³-hybridized carbons (Fsp3) is 0.438. The molecule has 1 aliphatic heterocycles. The van der Waals surface area contributed by atoms with Crippen molar-refractivity contribution in [3.63, 3.8) is 0 Å². The lowest BCUT2D eigenvalue weighted by Gasteiger charge is -2.18. The average molecular weight is 310 g/mol. The first kappa shape index (κ1) is 15.1. The van der Waals surface area contributed by atoms with Gasteiger partial charge in [-0.3, -0.25) is 0 Å². The third-order valence-electron chi connectivity index (χ3n) is 3.82. The molecule has 0 saturated carbocycles. The maximum atomic E-state index is 12.9. The van der Waals surface area contributed by atoms with E-state index >= 15 is 0 Å². The van der Waals surface area contributed by atoms with Crippen molar-refractivity contribution in [2.75, 3.05) is 6.61 Å². The third-order valence-corrected chi connectivity index (χ3v) is 3.82. The number of nitrogens with zero attached hydrogens (tertiary/aromatic N) is 2. The Labute approximate surface area is 126 Å². The Kier molecular flexibility index (Phi) is 3.72. The summed E-state index contributed by atoms with van der Waals surface area (Å²) in [5.74, 6) is 0.358. The van der Waals surface area contributed by atoms with Gasteiger partial charge in [0.05, 0.1) is 13.2 Å². The van der Waals surface area contributed by atoms with Crippen LogP contribution >= 0.6 is 0 Å². The minimum atomic E-state index is -4.43. The molecule has 0 radical (unpaired) electrons. The van der Waals surface area contributed by atoms with E-state index in [9.17, 15) is 13.2 Å². The second-order valence-electron chi connectivity index (χ2n) is 5.73. The normalized spacial score (nSPS) is 15.2. The maximum absolute atomic E-state index is 12.9. The molecule has 0 aliphatic carbocycles. The highest BCUT2D eigenvalue weighted by molar-refractivity contribution is 5.59. The minimum absolute atomic E-state index is 0.0991. The molecule has 0 saturated heterocycles. The topological polar surface area (TPSA) is 27.1 Å². The molecule has 1 aromatic heterocycles. The number of imidazole rings is 1. The van der Waals surface area contributed by atoms with E-state index in [1.165, 1.54) is 0 Å². The molecule has 6 heteroatoms. The lowest BCUT2D eigenvalue weighted by Crippen LogP contribution is -2.10. The summed E-state index contributed by atoms with van der Waals surface area (Å²) in [6.07, 6.45) is -2.57. The van der Waals surface area contributed by atoms with E-state index in [1.807, 2.05) is 32.0 Å². The van der Waals surface area contributed by atoms with Gasteiger partial charge in [0.1, 0.15) is 5.82 Å². The Bertz CT molecular complexity index is 689. The number of ether oxygens (including phenoxy) is 1. The first-order chi connectivity index (χ1) is 10.4. The molecule has 22 heavy (non-hydrogen) atoms. The van der Waals surface area contributed by atoms with Crippen LogP contribution in [0.4, 0.5) is 13.2 Å². The summed E-state index contributed by atoms with van der Waals surface area (Å²) >= 11 is 0. The van der Waals surface area contributed by atoms with Gasteiger partial charge in [0.2, 0.25) is 0 Å². The summed E-state index contributed by atoms with van der Waals surface area (Å²) in [4.78, 5) is 3.83. The molecule has 0 spiro atoms. The molecule has 0 N–H and O–H groups in total. The Morgan fingerprint density at radius 1 is 1.23 bits per heavy atom. The number of rotatable bonds is 2. The van der Waals surface area contributed by atoms with Gasteiger partial charge in [-0.2, -0.15) is 13.2 Å². The summed E-state index contributed by atoms with van der Waals surface area (Å²) < 4.78 is 45.8. The number of hydrogen-bond acceptors (Lipinski definition) is 2. The zero-order chi connectivity index (χ0) is 15.9. The van der Waals surface area contributed by atoms with Crippen molar-refractivity contribution in [1.29, 1.82) is 0 Å². The Morgan fingerprint density at radius 2 is 2.00 bits per heavy atom. The predicted molar refractivity (Wildman–Crippen MR) is 76.4 cm³/mol. The minimum Gasteiger partial charge on any atom is -0.376 e. The van der Waals surface area contributed by atoms with Crippen LogP contribution in [0.1, 0.15) is 36.7 Å². The monoisotopic (exact) mass is 310 g/mol. The van der Waals surface area contributed by atoms with Crippen LogP contribution in [0.3, 0.4) is 0 Å². The van der Waals surface area contributed by atoms with Gasteiger partial charge >= 0.3 is 6.18 Å². The number of alkyl halides is 3. The predicted octanol–water partition coefficient (Wildman–Crippen LogP) is 4.22. The number of hydrogen-bond donors (Lipinski definition) is 0. The molecule has 0 atom stereocenters. The van der Waals surface area contributed by atoms with Crippen LogP contribution in [-0.2, 0) is 23.9 Å². The van der Waals surface area contributed by atoms with Crippen molar-refractivity contribution in [1.82, 2.24) is 9.55 Å². The molecule has 0 bridgehead atoms. The highest BCUT2D eigenvalue weighted by Gasteiger charge is 2.35. The number of aromatic nitrogens is 2. The zero-order valence-electron chi connectivity index (χ0n) is 12.4. The van der Waals surface area contributed by atoms with Gasteiger partial charge in [-0.15, -0.1) is 0 Å². The highest BCUT2D eigenvalue weighted by Crippen LogP contribution is 2.33. The van der Waals surface area contributed by atoms with E-state index in [4.69, 9.17) is 4.74 Å². The van der Waals surface area contributed by atoms with Gasteiger partial charge in [-0.05, 0) is 37.5 Å². The first-order valence-electron chi connectivity index (χ1n) is 7.22. The second-order valence-corrected chi connectivity index (χ2v) is 5.73. The van der Waals surface area contributed by atoms with Crippen molar-refractivity contribution in [3.05, 3.63) is 41.2 Å². The second kappa shape index (κ2) is 5.43. The average Bonchev–Trinajstić information content (AvgIpc) is 2.92. The van der Waals surface area contributed by atoms with Crippen LogP contribution < -0.4 is 0 Å². The van der Waals surface area contributed by atoms with Gasteiger partial charge in [0.25, 0.3) is 0 Å². The molecule has 0 amide bonds. The highest BCUT2D eigenvalue weighted by atomic mass is 19.4. The molecular weight excluding hydrogens is 293 g/mol. The van der Waals surface area contributed by atoms with Crippen molar-refractivity contribution in [2.45, 2.75) is 39.1 Å². The maximum Gasteiger partial charge on any atom is 0.434 e. The standard InChI is InChI=1S/C16H17F3N2O/c1-10(2)21-8-14(16(17,18)19)20-15(21)12-3-4-13-9-22-6-5-11(13)7-12/h3-4,7-8,10H,5-6,9H2,1-2H3. The zero-order valence-corrected chi connectivity index (χ0v) is 12.4. The Hall–Kier alpha value is -1.82. The molecule has 3 nitrogen and oxygen atoms in total. The van der Waals surface area contributed by atoms with Crippen molar-refractivity contribution >= 4 is 0 Å². The van der Waals surface area contributed by atoms with Crippen LogP contribution in [0, 0.1) is 0 Å².